The molecule has 2 heterocycles. The summed E-state index contributed by atoms with van der Waals surface area (Å²) in [7, 11) is -4.32. The van der Waals surface area contributed by atoms with Gasteiger partial charge in [0.15, 0.2) is 5.34 Å². The van der Waals surface area contributed by atoms with Gasteiger partial charge in [-0.15, -0.1) is 0 Å². The summed E-state index contributed by atoms with van der Waals surface area (Å²) in [6, 6.07) is 0. The molecule has 1 aromatic heterocycles. The standard InChI is InChI=1S/C20H36N3O6P/c1-7-19(6,29-30(26,27)20(25,8-2)9-3)14(5)15-10-11-16(28-15)23-12-13(4)17(21)22-18(23)24/h12,14-16,25H,7-11H2,1-6H3,(H,26,27)(H2,21,22,24). The number of ether oxygens (including phenoxy) is 1. The van der Waals surface area contributed by atoms with Gasteiger partial charge in [-0.25, -0.2) is 4.79 Å². The SMILES string of the molecule is CCC(C)(OP(=O)(O)C(O)(CC)CC)C(C)C1CCC(n2cc(C)c(N)nc2=O)O1. The Morgan fingerprint density at radius 3 is 2.50 bits per heavy atom. The number of hydrogen-bond donors (Lipinski definition) is 3. The first-order valence-corrected chi connectivity index (χ1v) is 12.2. The van der Waals surface area contributed by atoms with Gasteiger partial charge in [0.25, 0.3) is 0 Å². The van der Waals surface area contributed by atoms with E-state index in [-0.39, 0.29) is 30.7 Å². The summed E-state index contributed by atoms with van der Waals surface area (Å²) >= 11 is 0. The molecule has 1 saturated heterocycles. The molecule has 10 heteroatoms. The third-order valence-electron chi connectivity index (χ3n) is 6.73. The molecule has 0 spiro atoms. The fraction of sp³-hybridized carbons (Fsp3) is 0.800. The summed E-state index contributed by atoms with van der Waals surface area (Å²) in [5.41, 5.74) is 4.93. The third-order valence-corrected chi connectivity index (χ3v) is 9.08. The molecule has 0 radical (unpaired) electrons. The number of nitrogen functional groups attached to an aromatic ring is 1. The van der Waals surface area contributed by atoms with Crippen molar-refractivity contribution in [1.82, 2.24) is 9.55 Å². The second-order valence-electron chi connectivity index (χ2n) is 8.46. The van der Waals surface area contributed by atoms with E-state index in [9.17, 15) is 19.4 Å². The van der Waals surface area contributed by atoms with E-state index in [1.165, 1.54) is 4.57 Å². The average molecular weight is 445 g/mol. The van der Waals surface area contributed by atoms with Crippen LogP contribution >= 0.6 is 7.60 Å². The molecule has 1 fully saturated rings. The van der Waals surface area contributed by atoms with Crippen molar-refractivity contribution < 1.29 is 23.8 Å². The molecular formula is C20H36N3O6P. The number of aryl methyl sites for hydroxylation is 1. The molecule has 0 aliphatic carbocycles. The Balaban J connectivity index is 2.22. The second kappa shape index (κ2) is 9.09. The lowest BCUT2D eigenvalue weighted by atomic mass is 9.83. The molecule has 0 amide bonds. The zero-order valence-electron chi connectivity index (χ0n) is 18.8. The van der Waals surface area contributed by atoms with Crippen LogP contribution in [0.1, 0.15) is 78.5 Å². The lowest BCUT2D eigenvalue weighted by Gasteiger charge is -2.42. The van der Waals surface area contributed by atoms with Crippen molar-refractivity contribution in [3.63, 3.8) is 0 Å². The van der Waals surface area contributed by atoms with Gasteiger partial charge in [-0.2, -0.15) is 4.98 Å². The van der Waals surface area contributed by atoms with Crippen molar-refractivity contribution in [2.45, 2.75) is 96.9 Å². The van der Waals surface area contributed by atoms with Crippen LogP contribution < -0.4 is 11.4 Å². The molecule has 30 heavy (non-hydrogen) atoms. The van der Waals surface area contributed by atoms with Crippen LogP contribution in [0.5, 0.6) is 0 Å². The minimum Gasteiger partial charge on any atom is -0.383 e. The van der Waals surface area contributed by atoms with Crippen molar-refractivity contribution in [3.8, 4) is 0 Å². The molecule has 0 bridgehead atoms. The highest BCUT2D eigenvalue weighted by Gasteiger charge is 2.51. The predicted octanol–water partition coefficient (Wildman–Crippen LogP) is 3.33. The first-order chi connectivity index (χ1) is 13.8. The maximum absolute atomic E-state index is 13.0. The topological polar surface area (TPSA) is 137 Å². The van der Waals surface area contributed by atoms with Crippen molar-refractivity contribution in [3.05, 3.63) is 22.2 Å². The van der Waals surface area contributed by atoms with Crippen LogP contribution in [0.3, 0.4) is 0 Å². The number of nitrogens with zero attached hydrogens (tertiary/aromatic N) is 2. The summed E-state index contributed by atoms with van der Waals surface area (Å²) in [6.07, 6.45) is 2.80. The monoisotopic (exact) mass is 445 g/mol. The number of aliphatic hydroxyl groups is 1. The minimum absolute atomic E-state index is 0.111. The molecule has 5 atom stereocenters. The molecule has 0 aromatic carbocycles. The van der Waals surface area contributed by atoms with Crippen molar-refractivity contribution in [2.75, 3.05) is 5.73 Å². The molecular weight excluding hydrogens is 409 g/mol. The highest BCUT2D eigenvalue weighted by Crippen LogP contribution is 2.61. The number of aromatic nitrogens is 2. The van der Waals surface area contributed by atoms with Gasteiger partial charge in [-0.05, 0) is 46.0 Å². The van der Waals surface area contributed by atoms with Gasteiger partial charge in [-0.3, -0.25) is 13.7 Å². The quantitative estimate of drug-likeness (QED) is 0.492. The molecule has 1 aliphatic heterocycles. The maximum Gasteiger partial charge on any atom is 0.359 e. The van der Waals surface area contributed by atoms with Gasteiger partial charge in [-0.1, -0.05) is 27.7 Å². The summed E-state index contributed by atoms with van der Waals surface area (Å²) in [6.45, 7) is 10.6. The Morgan fingerprint density at radius 1 is 1.37 bits per heavy atom. The second-order valence-corrected chi connectivity index (χ2v) is 10.5. The number of rotatable bonds is 9. The summed E-state index contributed by atoms with van der Waals surface area (Å²) in [5, 5.41) is 8.82. The van der Waals surface area contributed by atoms with E-state index in [0.29, 0.717) is 24.8 Å². The van der Waals surface area contributed by atoms with Crippen LogP contribution in [0.4, 0.5) is 5.82 Å². The van der Waals surface area contributed by atoms with Gasteiger partial charge in [0.1, 0.15) is 12.0 Å². The van der Waals surface area contributed by atoms with E-state index >= 15 is 0 Å². The smallest absolute Gasteiger partial charge is 0.359 e. The molecule has 1 aromatic rings. The Hall–Kier alpha value is -1.25. The van der Waals surface area contributed by atoms with Crippen molar-refractivity contribution in [2.24, 2.45) is 5.92 Å². The van der Waals surface area contributed by atoms with Gasteiger partial charge in [0, 0.05) is 17.7 Å². The van der Waals surface area contributed by atoms with E-state index in [2.05, 4.69) is 4.98 Å². The van der Waals surface area contributed by atoms with Crippen LogP contribution in [0.15, 0.2) is 11.0 Å². The lowest BCUT2D eigenvalue weighted by Crippen LogP contribution is -2.43. The van der Waals surface area contributed by atoms with E-state index < -0.39 is 30.5 Å². The van der Waals surface area contributed by atoms with Crippen LogP contribution in [-0.4, -0.2) is 36.6 Å². The molecule has 4 N–H and O–H groups in total. The molecule has 1 aliphatic rings. The van der Waals surface area contributed by atoms with Crippen LogP contribution in [-0.2, 0) is 13.8 Å². The number of hydrogen-bond acceptors (Lipinski definition) is 7. The van der Waals surface area contributed by atoms with Crippen molar-refractivity contribution in [1.29, 1.82) is 0 Å². The van der Waals surface area contributed by atoms with E-state index in [1.54, 1.807) is 33.9 Å². The number of anilines is 1. The third kappa shape index (κ3) is 4.65. The van der Waals surface area contributed by atoms with Crippen LogP contribution in [0.25, 0.3) is 0 Å². The predicted molar refractivity (Wildman–Crippen MR) is 115 cm³/mol. The van der Waals surface area contributed by atoms with Crippen molar-refractivity contribution >= 4 is 13.4 Å². The fourth-order valence-electron chi connectivity index (χ4n) is 3.88. The van der Waals surface area contributed by atoms with Gasteiger partial charge >= 0.3 is 13.3 Å². The molecule has 172 valence electrons. The average Bonchev–Trinajstić information content (AvgIpc) is 3.18. The fourth-order valence-corrected chi connectivity index (χ4v) is 5.71. The van der Waals surface area contributed by atoms with Gasteiger partial charge < -0.3 is 20.5 Å². The first kappa shape index (κ1) is 25.0. The van der Waals surface area contributed by atoms with Crippen LogP contribution in [0.2, 0.25) is 0 Å². The van der Waals surface area contributed by atoms with E-state index in [1.807, 2.05) is 13.8 Å². The molecule has 0 saturated carbocycles. The normalized spacial score (nSPS) is 24.9. The number of nitrogens with two attached hydrogens (primary N) is 1. The Bertz CT molecular complexity index is 855. The Kier molecular flexibility index (Phi) is 7.58. The first-order valence-electron chi connectivity index (χ1n) is 10.6. The minimum atomic E-state index is -4.32. The zero-order valence-corrected chi connectivity index (χ0v) is 19.7. The summed E-state index contributed by atoms with van der Waals surface area (Å²) in [5.74, 6) is -0.0615. The highest BCUT2D eigenvalue weighted by atomic mass is 31.2. The summed E-state index contributed by atoms with van der Waals surface area (Å²) in [4.78, 5) is 26.7. The maximum atomic E-state index is 13.0. The largest absolute Gasteiger partial charge is 0.383 e. The molecule has 5 unspecified atom stereocenters. The zero-order chi connectivity index (χ0) is 22.9. The molecule has 2 rings (SSSR count). The van der Waals surface area contributed by atoms with E-state index in [0.717, 1.165) is 0 Å². The van der Waals surface area contributed by atoms with E-state index in [4.69, 9.17) is 15.0 Å². The highest BCUT2D eigenvalue weighted by molar-refractivity contribution is 7.54. The summed E-state index contributed by atoms with van der Waals surface area (Å²) < 4.78 is 26.3. The Labute approximate surface area is 178 Å². The van der Waals surface area contributed by atoms with Gasteiger partial charge in [0.05, 0.1) is 11.7 Å². The lowest BCUT2D eigenvalue weighted by molar-refractivity contribution is -0.0893. The Morgan fingerprint density at radius 2 is 1.97 bits per heavy atom. The van der Waals surface area contributed by atoms with Crippen LogP contribution in [0, 0.1) is 12.8 Å². The van der Waals surface area contributed by atoms with Gasteiger partial charge in [0.2, 0.25) is 0 Å². The molecule has 9 nitrogen and oxygen atoms in total.